The van der Waals surface area contributed by atoms with Gasteiger partial charge in [-0.1, -0.05) is 12.2 Å². The van der Waals surface area contributed by atoms with Crippen LogP contribution in [0.25, 0.3) is 0 Å². The Balaban J connectivity index is 1.85. The van der Waals surface area contributed by atoms with E-state index >= 15 is 0 Å². The second-order valence-corrected chi connectivity index (χ2v) is 5.70. The summed E-state index contributed by atoms with van der Waals surface area (Å²) in [6.45, 7) is 0. The summed E-state index contributed by atoms with van der Waals surface area (Å²) < 4.78 is 0. The number of imide groups is 1. The van der Waals surface area contributed by atoms with Crippen LogP contribution < -0.4 is 0 Å². The SMILES string of the molecule is O=C(O)CC(C1CC1)N1C(=O)C2CC=CCC2C1=O. The van der Waals surface area contributed by atoms with E-state index in [9.17, 15) is 14.4 Å². The van der Waals surface area contributed by atoms with Gasteiger partial charge in [0.05, 0.1) is 24.3 Å². The molecule has 2 amide bonds. The van der Waals surface area contributed by atoms with Crippen LogP contribution in [0.3, 0.4) is 0 Å². The predicted molar refractivity (Wildman–Crippen MR) is 66.0 cm³/mol. The van der Waals surface area contributed by atoms with Gasteiger partial charge in [0, 0.05) is 0 Å². The van der Waals surface area contributed by atoms with Crippen LogP contribution >= 0.6 is 0 Å². The number of rotatable bonds is 4. The van der Waals surface area contributed by atoms with Crippen molar-refractivity contribution in [3.05, 3.63) is 12.2 Å². The van der Waals surface area contributed by atoms with E-state index in [0.29, 0.717) is 12.8 Å². The summed E-state index contributed by atoms with van der Waals surface area (Å²) in [5.74, 6) is -1.57. The molecular formula is C14H17NO4. The topological polar surface area (TPSA) is 74.7 Å². The molecule has 2 aliphatic carbocycles. The molecule has 5 nitrogen and oxygen atoms in total. The Hall–Kier alpha value is -1.65. The standard InChI is InChI=1S/C14H17NO4/c16-12(17)7-11(8-5-6-8)15-13(18)9-3-1-2-4-10(9)14(15)19/h1-2,8-11H,3-7H2,(H,16,17). The van der Waals surface area contributed by atoms with Gasteiger partial charge in [0.25, 0.3) is 0 Å². The van der Waals surface area contributed by atoms with Crippen molar-refractivity contribution < 1.29 is 19.5 Å². The van der Waals surface area contributed by atoms with E-state index in [0.717, 1.165) is 12.8 Å². The number of carboxylic acids is 1. The summed E-state index contributed by atoms with van der Waals surface area (Å²) in [4.78, 5) is 37.0. The van der Waals surface area contributed by atoms with Crippen LogP contribution in [0.1, 0.15) is 32.1 Å². The quantitative estimate of drug-likeness (QED) is 0.610. The summed E-state index contributed by atoms with van der Waals surface area (Å²) in [6, 6.07) is -0.428. The average Bonchev–Trinajstić information content (AvgIpc) is 3.18. The summed E-state index contributed by atoms with van der Waals surface area (Å²) in [6.07, 6.45) is 6.82. The number of carbonyl (C=O) groups is 3. The molecule has 1 aliphatic heterocycles. The summed E-state index contributed by atoms with van der Waals surface area (Å²) in [7, 11) is 0. The molecule has 2 fully saturated rings. The Bertz CT molecular complexity index is 440. The van der Waals surface area contributed by atoms with Gasteiger partial charge in [0.1, 0.15) is 0 Å². The lowest BCUT2D eigenvalue weighted by Crippen LogP contribution is -2.43. The Morgan fingerprint density at radius 2 is 1.74 bits per heavy atom. The minimum Gasteiger partial charge on any atom is -0.481 e. The van der Waals surface area contributed by atoms with Gasteiger partial charge < -0.3 is 5.11 Å². The molecule has 0 aromatic rings. The Labute approximate surface area is 111 Å². The Morgan fingerprint density at radius 3 is 2.16 bits per heavy atom. The van der Waals surface area contributed by atoms with Crippen LogP contribution in [0.2, 0.25) is 0 Å². The van der Waals surface area contributed by atoms with Gasteiger partial charge in [0.2, 0.25) is 11.8 Å². The van der Waals surface area contributed by atoms with Gasteiger partial charge >= 0.3 is 5.97 Å². The molecule has 3 rings (SSSR count). The first-order valence-electron chi connectivity index (χ1n) is 6.83. The summed E-state index contributed by atoms with van der Waals surface area (Å²) >= 11 is 0. The lowest BCUT2D eigenvalue weighted by Gasteiger charge is -2.25. The van der Waals surface area contributed by atoms with Crippen LogP contribution in [-0.2, 0) is 14.4 Å². The Kier molecular flexibility index (Phi) is 2.92. The van der Waals surface area contributed by atoms with Gasteiger partial charge in [-0.15, -0.1) is 0 Å². The highest BCUT2D eigenvalue weighted by atomic mass is 16.4. The maximum absolute atomic E-state index is 12.4. The number of fused-ring (bicyclic) bond motifs is 1. The fourth-order valence-corrected chi connectivity index (χ4v) is 3.28. The highest BCUT2D eigenvalue weighted by Crippen LogP contribution is 2.43. The number of hydrogen-bond donors (Lipinski definition) is 1. The zero-order valence-electron chi connectivity index (χ0n) is 10.6. The van der Waals surface area contributed by atoms with Crippen LogP contribution in [0.4, 0.5) is 0 Å². The predicted octanol–water partition coefficient (Wildman–Crippen LogP) is 1.19. The molecule has 0 bridgehead atoms. The second-order valence-electron chi connectivity index (χ2n) is 5.70. The fraction of sp³-hybridized carbons (Fsp3) is 0.643. The monoisotopic (exact) mass is 263 g/mol. The van der Waals surface area contributed by atoms with Crippen LogP contribution in [-0.4, -0.2) is 33.8 Å². The second kappa shape index (κ2) is 4.47. The van der Waals surface area contributed by atoms with Gasteiger partial charge in [0.15, 0.2) is 0 Å². The normalized spacial score (nSPS) is 31.5. The van der Waals surface area contributed by atoms with Crippen molar-refractivity contribution in [2.45, 2.75) is 38.1 Å². The van der Waals surface area contributed by atoms with E-state index in [1.807, 2.05) is 12.2 Å². The minimum absolute atomic E-state index is 0.116. The first-order valence-corrected chi connectivity index (χ1v) is 6.83. The molecule has 1 N–H and O–H groups in total. The molecule has 3 aliphatic rings. The zero-order valence-corrected chi connectivity index (χ0v) is 10.6. The average molecular weight is 263 g/mol. The van der Waals surface area contributed by atoms with Crippen molar-refractivity contribution in [3.63, 3.8) is 0 Å². The van der Waals surface area contributed by atoms with Gasteiger partial charge in [-0.3, -0.25) is 19.3 Å². The molecular weight excluding hydrogens is 246 g/mol. The van der Waals surface area contributed by atoms with Crippen molar-refractivity contribution in [2.24, 2.45) is 17.8 Å². The highest BCUT2D eigenvalue weighted by molar-refractivity contribution is 6.06. The van der Waals surface area contributed by atoms with Crippen LogP contribution in [0.15, 0.2) is 12.2 Å². The van der Waals surface area contributed by atoms with E-state index in [-0.39, 0.29) is 36.0 Å². The lowest BCUT2D eigenvalue weighted by atomic mass is 9.85. The van der Waals surface area contributed by atoms with E-state index < -0.39 is 12.0 Å². The minimum atomic E-state index is -0.939. The van der Waals surface area contributed by atoms with Crippen LogP contribution in [0.5, 0.6) is 0 Å². The molecule has 102 valence electrons. The van der Waals surface area contributed by atoms with Gasteiger partial charge in [-0.05, 0) is 31.6 Å². The number of carboxylic acid groups (broad SMARTS) is 1. The molecule has 5 heteroatoms. The van der Waals surface area contributed by atoms with E-state index in [2.05, 4.69) is 0 Å². The smallest absolute Gasteiger partial charge is 0.305 e. The van der Waals surface area contributed by atoms with Crippen molar-refractivity contribution in [3.8, 4) is 0 Å². The van der Waals surface area contributed by atoms with Gasteiger partial charge in [-0.2, -0.15) is 0 Å². The number of hydrogen-bond acceptors (Lipinski definition) is 3. The largest absolute Gasteiger partial charge is 0.481 e. The molecule has 0 aromatic heterocycles. The van der Waals surface area contributed by atoms with Gasteiger partial charge in [-0.25, -0.2) is 0 Å². The first-order chi connectivity index (χ1) is 9.09. The molecule has 1 heterocycles. The third-order valence-corrected chi connectivity index (χ3v) is 4.42. The third-order valence-electron chi connectivity index (χ3n) is 4.42. The molecule has 3 atom stereocenters. The molecule has 19 heavy (non-hydrogen) atoms. The molecule has 0 radical (unpaired) electrons. The van der Waals surface area contributed by atoms with Crippen LogP contribution in [0, 0.1) is 17.8 Å². The lowest BCUT2D eigenvalue weighted by molar-refractivity contribution is -0.146. The van der Waals surface area contributed by atoms with Crippen molar-refractivity contribution in [2.75, 3.05) is 0 Å². The molecule has 1 saturated carbocycles. The number of likely N-dealkylation sites (tertiary alicyclic amines) is 1. The summed E-state index contributed by atoms with van der Waals surface area (Å²) in [5, 5.41) is 8.99. The number of carbonyl (C=O) groups excluding carboxylic acids is 2. The van der Waals surface area contributed by atoms with Crippen molar-refractivity contribution in [1.29, 1.82) is 0 Å². The summed E-state index contributed by atoms with van der Waals surface area (Å²) in [5.41, 5.74) is 0. The first kappa shape index (κ1) is 12.4. The molecule has 0 aromatic carbocycles. The number of nitrogens with zero attached hydrogens (tertiary/aromatic N) is 1. The number of aliphatic carboxylic acids is 1. The molecule has 0 spiro atoms. The van der Waals surface area contributed by atoms with Crippen molar-refractivity contribution in [1.82, 2.24) is 4.90 Å². The Morgan fingerprint density at radius 1 is 1.21 bits per heavy atom. The third kappa shape index (κ3) is 2.07. The number of amides is 2. The number of allylic oxidation sites excluding steroid dienone is 2. The van der Waals surface area contributed by atoms with Crippen molar-refractivity contribution >= 4 is 17.8 Å². The van der Waals surface area contributed by atoms with E-state index in [1.54, 1.807) is 0 Å². The highest BCUT2D eigenvalue weighted by Gasteiger charge is 2.52. The maximum Gasteiger partial charge on any atom is 0.305 e. The van der Waals surface area contributed by atoms with E-state index in [4.69, 9.17) is 5.11 Å². The maximum atomic E-state index is 12.4. The molecule has 3 unspecified atom stereocenters. The fourth-order valence-electron chi connectivity index (χ4n) is 3.28. The zero-order chi connectivity index (χ0) is 13.6. The molecule has 1 saturated heterocycles. The van der Waals surface area contributed by atoms with E-state index in [1.165, 1.54) is 4.90 Å².